The summed E-state index contributed by atoms with van der Waals surface area (Å²) in [6, 6.07) is 3.71. The molecule has 0 aromatic carbocycles. The van der Waals surface area contributed by atoms with E-state index >= 15 is 0 Å². The van der Waals surface area contributed by atoms with Gasteiger partial charge in [-0.05, 0) is 6.07 Å². The van der Waals surface area contributed by atoms with Crippen LogP contribution in [0.2, 0.25) is 0 Å². The van der Waals surface area contributed by atoms with Gasteiger partial charge < -0.3 is 14.4 Å². The Balaban J connectivity index is 0.00000169. The van der Waals surface area contributed by atoms with Gasteiger partial charge in [0.05, 0.1) is 20.3 Å². The molecule has 2 aliphatic rings. The molecule has 128 valence electrons. The fourth-order valence-corrected chi connectivity index (χ4v) is 3.44. The summed E-state index contributed by atoms with van der Waals surface area (Å²) in [6.45, 7) is 2.23. The van der Waals surface area contributed by atoms with Gasteiger partial charge in [0.1, 0.15) is 17.6 Å². The largest absolute Gasteiger partial charge is 0.468 e. The summed E-state index contributed by atoms with van der Waals surface area (Å²) in [4.78, 5) is 23.0. The van der Waals surface area contributed by atoms with Crippen molar-refractivity contribution in [3.63, 3.8) is 0 Å². The van der Waals surface area contributed by atoms with Crippen LogP contribution in [-0.4, -0.2) is 59.1 Å². The molecule has 0 amide bonds. The molecule has 0 spiro atoms. The Morgan fingerprint density at radius 3 is 3.00 bits per heavy atom. The second-order valence-electron chi connectivity index (χ2n) is 5.93. The van der Waals surface area contributed by atoms with Gasteiger partial charge in [0.15, 0.2) is 5.82 Å². The Labute approximate surface area is 145 Å². The highest BCUT2D eigenvalue weighted by Gasteiger charge is 2.57. The summed E-state index contributed by atoms with van der Waals surface area (Å²) in [5, 5.41) is 4.18. The molecular formula is C15H18ClN5O3. The van der Waals surface area contributed by atoms with Crippen LogP contribution in [0.4, 0.5) is 5.82 Å². The average molecular weight is 352 g/mol. The van der Waals surface area contributed by atoms with Gasteiger partial charge in [-0.1, -0.05) is 0 Å². The number of methoxy groups -OCH3 is 1. The monoisotopic (exact) mass is 351 g/mol. The first-order valence-electron chi connectivity index (χ1n) is 7.46. The molecule has 2 aromatic rings. The second-order valence-corrected chi connectivity index (χ2v) is 5.93. The summed E-state index contributed by atoms with van der Waals surface area (Å²) in [6.07, 6.45) is 5.04. The smallest absolute Gasteiger partial charge is 0.316 e. The highest BCUT2D eigenvalue weighted by molar-refractivity contribution is 5.85. The lowest BCUT2D eigenvalue weighted by molar-refractivity contribution is -0.152. The quantitative estimate of drug-likeness (QED) is 0.753. The molecule has 9 heteroatoms. The number of esters is 1. The first kappa shape index (κ1) is 16.7. The van der Waals surface area contributed by atoms with Gasteiger partial charge in [-0.3, -0.25) is 4.79 Å². The molecule has 4 rings (SSSR count). The van der Waals surface area contributed by atoms with E-state index < -0.39 is 5.41 Å². The zero-order valence-electron chi connectivity index (χ0n) is 13.2. The van der Waals surface area contributed by atoms with Crippen LogP contribution in [0.1, 0.15) is 0 Å². The highest BCUT2D eigenvalue weighted by Crippen LogP contribution is 2.43. The first-order chi connectivity index (χ1) is 11.2. The zero-order chi connectivity index (χ0) is 15.9. The lowest BCUT2D eigenvalue weighted by atomic mass is 9.81. The summed E-state index contributed by atoms with van der Waals surface area (Å²) in [7, 11) is 1.43. The van der Waals surface area contributed by atoms with E-state index in [1.807, 2.05) is 18.3 Å². The molecule has 0 radical (unpaired) electrons. The summed E-state index contributed by atoms with van der Waals surface area (Å²) >= 11 is 0. The fourth-order valence-electron chi connectivity index (χ4n) is 3.44. The van der Waals surface area contributed by atoms with Gasteiger partial charge in [-0.25, -0.2) is 14.6 Å². The number of aromatic nitrogens is 4. The maximum Gasteiger partial charge on any atom is 0.316 e. The van der Waals surface area contributed by atoms with Crippen molar-refractivity contribution in [1.29, 1.82) is 0 Å². The molecule has 0 bridgehead atoms. The van der Waals surface area contributed by atoms with E-state index in [-0.39, 0.29) is 24.3 Å². The number of carbonyl (C=O) groups excluding carboxylic acids is 1. The van der Waals surface area contributed by atoms with Gasteiger partial charge in [0.2, 0.25) is 0 Å². The molecule has 24 heavy (non-hydrogen) atoms. The van der Waals surface area contributed by atoms with Crippen molar-refractivity contribution in [3.05, 3.63) is 30.9 Å². The lowest BCUT2D eigenvalue weighted by Crippen LogP contribution is -2.40. The molecule has 2 atom stereocenters. The van der Waals surface area contributed by atoms with E-state index in [1.165, 1.54) is 13.4 Å². The summed E-state index contributed by atoms with van der Waals surface area (Å²) < 4.78 is 12.2. The number of carbonyl (C=O) groups is 1. The molecule has 0 saturated carbocycles. The normalized spacial score (nSPS) is 25.2. The number of rotatable bonds is 3. The Morgan fingerprint density at radius 1 is 1.42 bits per heavy atom. The molecule has 2 aliphatic heterocycles. The van der Waals surface area contributed by atoms with Gasteiger partial charge in [-0.2, -0.15) is 5.10 Å². The Hall–Kier alpha value is -2.19. The van der Waals surface area contributed by atoms with Crippen molar-refractivity contribution < 1.29 is 14.3 Å². The third-order valence-corrected chi connectivity index (χ3v) is 4.67. The standard InChI is InChI=1S/C15H17N5O3.ClH/c1-22-14(21)15-8-19(6-11(15)7-23-9-15)12-5-13(17-10-16-12)20-4-2-3-18-20;/h2-5,10-11H,6-9H2,1H3;1H/t11-,15-;/m0./s1. The molecule has 0 aliphatic carbocycles. The molecule has 0 unspecified atom stereocenters. The van der Waals surface area contributed by atoms with Crippen LogP contribution in [0.5, 0.6) is 0 Å². The predicted molar refractivity (Wildman–Crippen MR) is 87.4 cm³/mol. The van der Waals surface area contributed by atoms with Crippen LogP contribution in [-0.2, 0) is 14.3 Å². The minimum Gasteiger partial charge on any atom is -0.468 e. The number of fused-ring (bicyclic) bond motifs is 1. The van der Waals surface area contributed by atoms with Crippen molar-refractivity contribution in [2.45, 2.75) is 0 Å². The van der Waals surface area contributed by atoms with Crippen molar-refractivity contribution in [1.82, 2.24) is 19.7 Å². The first-order valence-corrected chi connectivity index (χ1v) is 7.46. The minimum absolute atomic E-state index is 0. The molecular weight excluding hydrogens is 334 g/mol. The van der Waals surface area contributed by atoms with E-state index in [2.05, 4.69) is 20.0 Å². The maximum atomic E-state index is 12.3. The van der Waals surface area contributed by atoms with Crippen LogP contribution in [0.3, 0.4) is 0 Å². The van der Waals surface area contributed by atoms with Crippen molar-refractivity contribution in [2.75, 3.05) is 38.3 Å². The number of halogens is 1. The topological polar surface area (TPSA) is 82.4 Å². The Morgan fingerprint density at radius 2 is 2.25 bits per heavy atom. The number of nitrogens with zero attached hydrogens (tertiary/aromatic N) is 5. The fraction of sp³-hybridized carbons (Fsp3) is 0.467. The zero-order valence-corrected chi connectivity index (χ0v) is 14.0. The Bertz CT molecular complexity index is 726. The van der Waals surface area contributed by atoms with Crippen molar-refractivity contribution in [2.24, 2.45) is 11.3 Å². The van der Waals surface area contributed by atoms with Gasteiger partial charge in [0.25, 0.3) is 0 Å². The highest BCUT2D eigenvalue weighted by atomic mass is 35.5. The maximum absolute atomic E-state index is 12.3. The van der Waals surface area contributed by atoms with E-state index in [9.17, 15) is 4.79 Å². The van der Waals surface area contributed by atoms with E-state index in [4.69, 9.17) is 9.47 Å². The Kier molecular flexibility index (Phi) is 4.42. The molecule has 4 heterocycles. The summed E-state index contributed by atoms with van der Waals surface area (Å²) in [5.41, 5.74) is -0.592. The number of ether oxygens (including phenoxy) is 2. The van der Waals surface area contributed by atoms with Crippen LogP contribution >= 0.6 is 12.4 Å². The number of hydrogen-bond donors (Lipinski definition) is 0. The summed E-state index contributed by atoms with van der Waals surface area (Å²) in [5.74, 6) is 1.39. The number of hydrogen-bond acceptors (Lipinski definition) is 7. The minimum atomic E-state index is -0.592. The third kappa shape index (κ3) is 2.51. The van der Waals surface area contributed by atoms with Crippen LogP contribution in [0.25, 0.3) is 5.82 Å². The molecule has 2 aromatic heterocycles. The van der Waals surface area contributed by atoms with Crippen LogP contribution < -0.4 is 4.90 Å². The second kappa shape index (κ2) is 6.37. The molecule has 0 N–H and O–H groups in total. The van der Waals surface area contributed by atoms with E-state index in [1.54, 1.807) is 10.9 Å². The van der Waals surface area contributed by atoms with Crippen LogP contribution in [0.15, 0.2) is 30.9 Å². The van der Waals surface area contributed by atoms with Gasteiger partial charge in [-0.15, -0.1) is 12.4 Å². The van der Waals surface area contributed by atoms with E-state index in [0.29, 0.717) is 32.1 Å². The molecule has 2 fully saturated rings. The van der Waals surface area contributed by atoms with Gasteiger partial charge >= 0.3 is 5.97 Å². The average Bonchev–Trinajstić information content (AvgIpc) is 3.29. The molecule has 2 saturated heterocycles. The molecule has 8 nitrogen and oxygen atoms in total. The third-order valence-electron chi connectivity index (χ3n) is 4.67. The van der Waals surface area contributed by atoms with Crippen molar-refractivity contribution >= 4 is 24.2 Å². The number of anilines is 1. The SMILES string of the molecule is COC(=O)[C@@]12COC[C@@H]1CN(c1cc(-n3cccn3)ncn1)C2.Cl. The van der Waals surface area contributed by atoms with E-state index in [0.717, 1.165) is 5.82 Å². The van der Waals surface area contributed by atoms with Gasteiger partial charge in [0, 0.05) is 37.5 Å². The lowest BCUT2D eigenvalue weighted by Gasteiger charge is -2.24. The van der Waals surface area contributed by atoms with Crippen molar-refractivity contribution in [3.8, 4) is 5.82 Å². The predicted octanol–water partition coefficient (Wildman–Crippen LogP) is 0.710. The van der Waals surface area contributed by atoms with Crippen LogP contribution in [0, 0.1) is 11.3 Å².